The summed E-state index contributed by atoms with van der Waals surface area (Å²) in [5, 5.41) is 4.54. The topological polar surface area (TPSA) is 26.0 Å². The molecule has 0 fully saturated rings. The summed E-state index contributed by atoms with van der Waals surface area (Å²) < 4.78 is 4.66. The average molecular weight is 350 g/mol. The Morgan fingerprint density at radius 1 is 1.08 bits per heavy atom. The molecule has 5 heteroatoms. The number of hydrogen-bond acceptors (Lipinski definition) is 3. The van der Waals surface area contributed by atoms with E-state index in [0.29, 0.717) is 0 Å². The number of aryl methyl sites for hydroxylation is 2. The van der Waals surface area contributed by atoms with Gasteiger partial charge in [-0.2, -0.15) is 5.10 Å². The van der Waals surface area contributed by atoms with Gasteiger partial charge in [-0.15, -0.1) is 0 Å². The van der Waals surface area contributed by atoms with Crippen LogP contribution in [0.5, 0.6) is 0 Å². The summed E-state index contributed by atoms with van der Waals surface area (Å²) in [6.45, 7) is 6.94. The Hall–Kier alpha value is -2.24. The van der Waals surface area contributed by atoms with Gasteiger partial charge in [0.05, 0.1) is 12.4 Å². The molecule has 4 nitrogen and oxygen atoms in total. The molecule has 1 aliphatic heterocycles. The molecule has 2 heterocycles. The predicted molar refractivity (Wildman–Crippen MR) is 102 cm³/mol. The third-order valence-electron chi connectivity index (χ3n) is 4.89. The first-order valence-corrected chi connectivity index (χ1v) is 9.04. The molecule has 3 aromatic rings. The van der Waals surface area contributed by atoms with E-state index >= 15 is 0 Å². The molecule has 1 aromatic heterocycles. The summed E-state index contributed by atoms with van der Waals surface area (Å²) in [4.78, 5) is 2.40. The maximum atomic E-state index is 5.68. The molecule has 0 N–H and O–H groups in total. The van der Waals surface area contributed by atoms with Crippen LogP contribution < -0.4 is 0 Å². The fourth-order valence-electron chi connectivity index (χ4n) is 3.54. The lowest BCUT2D eigenvalue weighted by atomic mass is 10.0. The lowest BCUT2D eigenvalue weighted by molar-refractivity contribution is 0.188. The minimum absolute atomic E-state index is 0.727. The van der Waals surface area contributed by atoms with Crippen molar-refractivity contribution in [1.29, 1.82) is 0 Å². The second-order valence-electron chi connectivity index (χ2n) is 6.79. The van der Waals surface area contributed by atoms with Crippen molar-refractivity contribution in [3.05, 3.63) is 75.8 Å². The first-order valence-electron chi connectivity index (χ1n) is 8.63. The van der Waals surface area contributed by atoms with E-state index in [1.54, 1.807) is 0 Å². The van der Waals surface area contributed by atoms with E-state index in [1.165, 1.54) is 22.3 Å². The zero-order valence-electron chi connectivity index (χ0n) is 14.6. The molecule has 0 spiro atoms. The summed E-state index contributed by atoms with van der Waals surface area (Å²) in [6.07, 6.45) is 2.92. The number of nitrogens with zero attached hydrogens (tertiary/aromatic N) is 4. The van der Waals surface area contributed by atoms with Gasteiger partial charge in [0.15, 0.2) is 0 Å². The zero-order chi connectivity index (χ0) is 17.4. The van der Waals surface area contributed by atoms with E-state index in [9.17, 15) is 0 Å². The monoisotopic (exact) mass is 350 g/mol. The maximum absolute atomic E-state index is 5.68. The number of benzene rings is 2. The lowest BCUT2D eigenvalue weighted by Gasteiger charge is -2.28. The van der Waals surface area contributed by atoms with E-state index in [2.05, 4.69) is 66.3 Å². The molecule has 0 radical (unpaired) electrons. The highest BCUT2D eigenvalue weighted by Gasteiger charge is 2.17. The minimum atomic E-state index is 0.727. The molecule has 128 valence electrons. The van der Waals surface area contributed by atoms with Gasteiger partial charge >= 0.3 is 0 Å². The van der Waals surface area contributed by atoms with Crippen LogP contribution in [0, 0.1) is 18.6 Å². The SMILES string of the molecule is Cc1ccc(-n2cnn(CN3CCc4ccccc4C3)c2=S)c(C)c1. The Balaban J connectivity index is 1.57. The molecule has 0 amide bonds. The van der Waals surface area contributed by atoms with Crippen LogP contribution in [0.15, 0.2) is 48.8 Å². The molecule has 0 saturated carbocycles. The fraction of sp³-hybridized carbons (Fsp3) is 0.300. The van der Waals surface area contributed by atoms with Crippen molar-refractivity contribution in [2.75, 3.05) is 6.54 Å². The molecule has 1 aliphatic rings. The van der Waals surface area contributed by atoms with E-state index in [0.717, 1.165) is 36.6 Å². The van der Waals surface area contributed by atoms with Gasteiger partial charge in [-0.3, -0.25) is 9.47 Å². The number of rotatable bonds is 3. The maximum Gasteiger partial charge on any atom is 0.203 e. The molecule has 0 bridgehead atoms. The number of hydrogen-bond donors (Lipinski definition) is 0. The summed E-state index contributed by atoms with van der Waals surface area (Å²) in [5.74, 6) is 0. The van der Waals surface area contributed by atoms with Crippen LogP contribution in [-0.2, 0) is 19.6 Å². The molecule has 0 unspecified atom stereocenters. The highest BCUT2D eigenvalue weighted by Crippen LogP contribution is 2.20. The predicted octanol–water partition coefficient (Wildman–Crippen LogP) is 4.04. The highest BCUT2D eigenvalue weighted by atomic mass is 32.1. The quantitative estimate of drug-likeness (QED) is 0.667. The van der Waals surface area contributed by atoms with Gasteiger partial charge in [0.25, 0.3) is 0 Å². The summed E-state index contributed by atoms with van der Waals surface area (Å²) in [6, 6.07) is 15.1. The fourth-order valence-corrected chi connectivity index (χ4v) is 3.79. The Labute approximate surface area is 153 Å². The van der Waals surface area contributed by atoms with Crippen molar-refractivity contribution < 1.29 is 0 Å². The van der Waals surface area contributed by atoms with E-state index in [1.807, 2.05) is 15.6 Å². The van der Waals surface area contributed by atoms with Crippen molar-refractivity contribution in [2.45, 2.75) is 33.5 Å². The van der Waals surface area contributed by atoms with Crippen LogP contribution in [0.25, 0.3) is 5.69 Å². The molecule has 2 aromatic carbocycles. The first kappa shape index (κ1) is 16.2. The van der Waals surface area contributed by atoms with Gasteiger partial charge < -0.3 is 0 Å². The van der Waals surface area contributed by atoms with E-state index in [4.69, 9.17) is 12.2 Å². The minimum Gasteiger partial charge on any atom is -0.280 e. The molecular formula is C20H22N4S. The molecule has 0 saturated heterocycles. The van der Waals surface area contributed by atoms with Crippen LogP contribution in [-0.4, -0.2) is 25.8 Å². The molecular weight excluding hydrogens is 328 g/mol. The van der Waals surface area contributed by atoms with Crippen molar-refractivity contribution in [3.8, 4) is 5.69 Å². The first-order chi connectivity index (χ1) is 12.1. The van der Waals surface area contributed by atoms with Crippen LogP contribution >= 0.6 is 12.2 Å². The standard InChI is InChI=1S/C20H22N4S/c1-15-7-8-19(16(2)11-15)23-13-21-24(20(23)25)14-22-10-9-17-5-3-4-6-18(17)12-22/h3-8,11,13H,9-10,12,14H2,1-2H3. The van der Waals surface area contributed by atoms with Crippen LogP contribution in [0.3, 0.4) is 0 Å². The van der Waals surface area contributed by atoms with Crippen molar-refractivity contribution >= 4 is 12.2 Å². The Bertz CT molecular complexity index is 970. The molecule has 0 aliphatic carbocycles. The molecule has 0 atom stereocenters. The van der Waals surface area contributed by atoms with Crippen LogP contribution in [0.2, 0.25) is 0 Å². The van der Waals surface area contributed by atoms with Crippen LogP contribution in [0.4, 0.5) is 0 Å². The summed E-state index contributed by atoms with van der Waals surface area (Å²) in [5.41, 5.74) is 6.44. The Kier molecular flexibility index (Phi) is 4.27. The second kappa shape index (κ2) is 6.58. The van der Waals surface area contributed by atoms with Gasteiger partial charge in [0.2, 0.25) is 4.77 Å². The van der Waals surface area contributed by atoms with Gasteiger partial charge in [0, 0.05) is 13.1 Å². The van der Waals surface area contributed by atoms with Crippen molar-refractivity contribution in [2.24, 2.45) is 0 Å². The third kappa shape index (κ3) is 3.17. The van der Waals surface area contributed by atoms with Crippen LogP contribution in [0.1, 0.15) is 22.3 Å². The largest absolute Gasteiger partial charge is 0.280 e. The Morgan fingerprint density at radius 2 is 1.88 bits per heavy atom. The van der Waals surface area contributed by atoms with E-state index in [-0.39, 0.29) is 0 Å². The third-order valence-corrected chi connectivity index (χ3v) is 5.30. The number of aromatic nitrogens is 3. The smallest absolute Gasteiger partial charge is 0.203 e. The van der Waals surface area contributed by atoms with Gasteiger partial charge in [-0.25, -0.2) is 4.68 Å². The molecule has 4 rings (SSSR count). The lowest BCUT2D eigenvalue weighted by Crippen LogP contribution is -2.32. The number of fused-ring (bicyclic) bond motifs is 1. The van der Waals surface area contributed by atoms with Crippen molar-refractivity contribution in [3.63, 3.8) is 0 Å². The normalized spacial score (nSPS) is 14.5. The molecule has 25 heavy (non-hydrogen) atoms. The average Bonchev–Trinajstić information content (AvgIpc) is 2.96. The van der Waals surface area contributed by atoms with Crippen molar-refractivity contribution in [1.82, 2.24) is 19.2 Å². The van der Waals surface area contributed by atoms with E-state index < -0.39 is 0 Å². The summed E-state index contributed by atoms with van der Waals surface area (Å²) in [7, 11) is 0. The van der Waals surface area contributed by atoms with Gasteiger partial charge in [-0.05, 0) is 55.2 Å². The summed E-state index contributed by atoms with van der Waals surface area (Å²) >= 11 is 5.68. The second-order valence-corrected chi connectivity index (χ2v) is 7.15. The van der Waals surface area contributed by atoms with Gasteiger partial charge in [-0.1, -0.05) is 42.0 Å². The Morgan fingerprint density at radius 3 is 2.68 bits per heavy atom. The zero-order valence-corrected chi connectivity index (χ0v) is 15.5. The highest BCUT2D eigenvalue weighted by molar-refractivity contribution is 7.71. The van der Waals surface area contributed by atoms with Gasteiger partial charge in [0.1, 0.15) is 6.33 Å².